The van der Waals surface area contributed by atoms with Gasteiger partial charge in [0.05, 0.1) is 24.4 Å². The van der Waals surface area contributed by atoms with Gasteiger partial charge in [-0.25, -0.2) is 0 Å². The number of hydrogen-bond acceptors (Lipinski definition) is 5. The van der Waals surface area contributed by atoms with Gasteiger partial charge in [0.1, 0.15) is 23.1 Å². The molecule has 6 nitrogen and oxygen atoms in total. The van der Waals surface area contributed by atoms with Crippen molar-refractivity contribution < 1.29 is 14.3 Å². The highest BCUT2D eigenvalue weighted by Crippen LogP contribution is 2.28. The molecule has 32 heavy (non-hydrogen) atoms. The zero-order chi connectivity index (χ0) is 22.1. The number of pyridine rings is 1. The molecule has 0 fully saturated rings. The van der Waals surface area contributed by atoms with E-state index >= 15 is 0 Å². The number of nitrogens with zero attached hydrogens (tertiary/aromatic N) is 2. The number of carbonyl (C=O) groups is 1. The van der Waals surface area contributed by atoms with Crippen LogP contribution in [0.15, 0.2) is 60.3 Å². The van der Waals surface area contributed by atoms with E-state index < -0.39 is 5.91 Å². The zero-order valence-electron chi connectivity index (χ0n) is 18.1. The summed E-state index contributed by atoms with van der Waals surface area (Å²) >= 11 is 0. The molecule has 0 spiro atoms. The van der Waals surface area contributed by atoms with Gasteiger partial charge in [-0.05, 0) is 55.3 Å². The first-order valence-corrected chi connectivity index (χ1v) is 10.3. The highest BCUT2D eigenvalue weighted by Gasteiger charge is 2.14. The quantitative estimate of drug-likeness (QED) is 0.329. The van der Waals surface area contributed by atoms with E-state index in [-0.39, 0.29) is 18.0 Å². The van der Waals surface area contributed by atoms with E-state index in [1.807, 2.05) is 44.2 Å². The minimum Gasteiger partial charge on any atom is -0.493 e. The zero-order valence-corrected chi connectivity index (χ0v) is 18.9. The topological polar surface area (TPSA) is 84.2 Å². The molecule has 7 heteroatoms. The van der Waals surface area contributed by atoms with Gasteiger partial charge in [-0.3, -0.25) is 9.78 Å². The molecule has 3 aromatic rings. The van der Waals surface area contributed by atoms with E-state index in [1.54, 1.807) is 30.5 Å². The third kappa shape index (κ3) is 6.22. The lowest BCUT2D eigenvalue weighted by atomic mass is 10.1. The Labute approximate surface area is 194 Å². The van der Waals surface area contributed by atoms with Gasteiger partial charge in [0, 0.05) is 23.2 Å². The number of amides is 1. The molecule has 0 saturated heterocycles. The van der Waals surface area contributed by atoms with Crippen molar-refractivity contribution in [3.8, 4) is 17.6 Å². The normalized spacial score (nSPS) is 10.7. The summed E-state index contributed by atoms with van der Waals surface area (Å²) in [5.41, 5.74) is 1.98. The number of nitriles is 1. The summed E-state index contributed by atoms with van der Waals surface area (Å²) in [5.74, 6) is 0.772. The molecular formula is C25H26ClN3O3. The second-order valence-electron chi connectivity index (χ2n) is 6.90. The van der Waals surface area contributed by atoms with Crippen LogP contribution in [0.5, 0.6) is 11.5 Å². The summed E-state index contributed by atoms with van der Waals surface area (Å²) in [6.07, 6.45) is 4.97. The van der Waals surface area contributed by atoms with Crippen LogP contribution in [-0.4, -0.2) is 24.1 Å². The lowest BCUT2D eigenvalue weighted by Gasteiger charge is -2.12. The number of fused-ring (bicyclic) bond motifs is 1. The van der Waals surface area contributed by atoms with Crippen LogP contribution >= 0.6 is 12.4 Å². The smallest absolute Gasteiger partial charge is 0.266 e. The minimum atomic E-state index is -0.494. The van der Waals surface area contributed by atoms with E-state index in [2.05, 4.69) is 10.3 Å². The lowest BCUT2D eigenvalue weighted by Crippen LogP contribution is -2.14. The molecule has 1 heterocycles. The van der Waals surface area contributed by atoms with E-state index in [0.29, 0.717) is 36.0 Å². The van der Waals surface area contributed by atoms with Gasteiger partial charge in [0.15, 0.2) is 0 Å². The van der Waals surface area contributed by atoms with Crippen molar-refractivity contribution in [1.29, 1.82) is 5.26 Å². The van der Waals surface area contributed by atoms with Crippen molar-refractivity contribution in [2.45, 2.75) is 26.7 Å². The summed E-state index contributed by atoms with van der Waals surface area (Å²) in [5, 5.41) is 13.3. The van der Waals surface area contributed by atoms with Crippen LogP contribution < -0.4 is 14.8 Å². The monoisotopic (exact) mass is 451 g/mol. The number of rotatable bonds is 9. The Bertz CT molecular complexity index is 1130. The molecule has 1 aromatic heterocycles. The van der Waals surface area contributed by atoms with Gasteiger partial charge in [0.2, 0.25) is 0 Å². The Morgan fingerprint density at radius 1 is 1.09 bits per heavy atom. The predicted molar refractivity (Wildman–Crippen MR) is 129 cm³/mol. The summed E-state index contributed by atoms with van der Waals surface area (Å²) in [6.45, 7) is 5.18. The average Bonchev–Trinajstić information content (AvgIpc) is 2.80. The second-order valence-corrected chi connectivity index (χ2v) is 6.90. The minimum absolute atomic E-state index is 0. The standard InChI is InChI=1S/C25H25N3O3.ClH/c1-3-13-30-20-11-10-18(24(16-20)31-14-4-2)15-19(17-26)25(29)28-23-9-5-8-22-21(23)7-6-12-27-22;/h5-12,15-16H,3-4,13-14H2,1-2H3,(H,28,29);1H/b19-15+;. The molecule has 3 rings (SSSR count). The van der Waals surface area contributed by atoms with E-state index in [4.69, 9.17) is 9.47 Å². The van der Waals surface area contributed by atoms with Gasteiger partial charge >= 0.3 is 0 Å². The number of carbonyl (C=O) groups excluding carboxylic acids is 1. The SMILES string of the molecule is CCCOc1ccc(/C=C(\C#N)C(=O)Nc2cccc3ncccc23)c(OCCC)c1.Cl. The van der Waals surface area contributed by atoms with Crippen LogP contribution in [0.2, 0.25) is 0 Å². The first kappa shape index (κ1) is 24.7. The van der Waals surface area contributed by atoms with E-state index in [0.717, 1.165) is 23.7 Å². The van der Waals surface area contributed by atoms with Crippen LogP contribution in [0, 0.1) is 11.3 Å². The van der Waals surface area contributed by atoms with Crippen LogP contribution in [0.4, 0.5) is 5.69 Å². The van der Waals surface area contributed by atoms with Gasteiger partial charge in [-0.1, -0.05) is 19.9 Å². The molecule has 0 unspecified atom stereocenters. The Morgan fingerprint density at radius 2 is 1.88 bits per heavy atom. The van der Waals surface area contributed by atoms with Crippen molar-refractivity contribution in [1.82, 2.24) is 4.98 Å². The molecule has 0 atom stereocenters. The highest BCUT2D eigenvalue weighted by atomic mass is 35.5. The first-order chi connectivity index (χ1) is 15.2. The Kier molecular flexibility index (Phi) is 9.52. The van der Waals surface area contributed by atoms with Gasteiger partial charge in [-0.2, -0.15) is 5.26 Å². The number of halogens is 1. The van der Waals surface area contributed by atoms with Gasteiger partial charge < -0.3 is 14.8 Å². The average molecular weight is 452 g/mol. The van der Waals surface area contributed by atoms with Crippen molar-refractivity contribution in [2.24, 2.45) is 0 Å². The predicted octanol–water partition coefficient (Wildman–Crippen LogP) is 5.78. The maximum atomic E-state index is 12.8. The number of aromatic nitrogens is 1. The number of ether oxygens (including phenoxy) is 2. The van der Waals surface area contributed by atoms with Crippen molar-refractivity contribution in [3.63, 3.8) is 0 Å². The summed E-state index contributed by atoms with van der Waals surface area (Å²) in [4.78, 5) is 17.1. The van der Waals surface area contributed by atoms with E-state index in [9.17, 15) is 10.1 Å². The summed E-state index contributed by atoms with van der Waals surface area (Å²) in [6, 6.07) is 16.5. The Balaban J connectivity index is 0.00000363. The van der Waals surface area contributed by atoms with Crippen LogP contribution in [0.1, 0.15) is 32.3 Å². The maximum absolute atomic E-state index is 12.8. The van der Waals surface area contributed by atoms with Crippen molar-refractivity contribution in [2.75, 3.05) is 18.5 Å². The fraction of sp³-hybridized carbons (Fsp3) is 0.240. The third-order valence-electron chi connectivity index (χ3n) is 4.48. The number of hydrogen-bond donors (Lipinski definition) is 1. The number of anilines is 1. The van der Waals surface area contributed by atoms with Crippen LogP contribution in [0.3, 0.4) is 0 Å². The molecule has 2 aromatic carbocycles. The summed E-state index contributed by atoms with van der Waals surface area (Å²) in [7, 11) is 0. The maximum Gasteiger partial charge on any atom is 0.266 e. The third-order valence-corrected chi connectivity index (χ3v) is 4.48. The highest BCUT2D eigenvalue weighted by molar-refractivity contribution is 6.12. The van der Waals surface area contributed by atoms with Crippen molar-refractivity contribution in [3.05, 3.63) is 65.9 Å². The fourth-order valence-electron chi connectivity index (χ4n) is 2.99. The fourth-order valence-corrected chi connectivity index (χ4v) is 2.99. The molecule has 0 aliphatic heterocycles. The van der Waals surface area contributed by atoms with Gasteiger partial charge in [0.25, 0.3) is 5.91 Å². The molecule has 0 saturated carbocycles. The molecule has 0 aliphatic rings. The summed E-state index contributed by atoms with van der Waals surface area (Å²) < 4.78 is 11.5. The van der Waals surface area contributed by atoms with Crippen LogP contribution in [0.25, 0.3) is 17.0 Å². The van der Waals surface area contributed by atoms with Gasteiger partial charge in [-0.15, -0.1) is 12.4 Å². The molecular weight excluding hydrogens is 426 g/mol. The second kappa shape index (κ2) is 12.3. The molecule has 0 aliphatic carbocycles. The number of nitrogens with one attached hydrogen (secondary N) is 1. The molecule has 0 radical (unpaired) electrons. The molecule has 1 N–H and O–H groups in total. The largest absolute Gasteiger partial charge is 0.493 e. The molecule has 166 valence electrons. The van der Waals surface area contributed by atoms with Crippen molar-refractivity contribution >= 4 is 41.0 Å². The Hall–Kier alpha value is -3.56. The molecule has 1 amide bonds. The van der Waals surface area contributed by atoms with E-state index in [1.165, 1.54) is 6.08 Å². The lowest BCUT2D eigenvalue weighted by molar-refractivity contribution is -0.112. The first-order valence-electron chi connectivity index (χ1n) is 10.3. The number of benzene rings is 2. The Morgan fingerprint density at radius 3 is 2.62 bits per heavy atom. The molecule has 0 bridgehead atoms. The van der Waals surface area contributed by atoms with Crippen LogP contribution in [-0.2, 0) is 4.79 Å².